The molecule has 0 atom stereocenters. The molecule has 3 rings (SSSR count). The first-order valence-electron chi connectivity index (χ1n) is 6.77. The summed E-state index contributed by atoms with van der Waals surface area (Å²) in [6, 6.07) is 17.5. The number of aryl methyl sites for hydroxylation is 1. The van der Waals surface area contributed by atoms with Crippen molar-refractivity contribution >= 4 is 22.9 Å². The maximum absolute atomic E-state index is 10.4. The number of fused-ring (bicyclic) bond motifs is 1. The van der Waals surface area contributed by atoms with Crippen molar-refractivity contribution in [1.29, 1.82) is 0 Å². The van der Waals surface area contributed by atoms with Crippen LogP contribution in [0.1, 0.15) is 15.9 Å². The summed E-state index contributed by atoms with van der Waals surface area (Å²) < 4.78 is 0. The van der Waals surface area contributed by atoms with Crippen molar-refractivity contribution in [3.05, 3.63) is 71.9 Å². The van der Waals surface area contributed by atoms with Gasteiger partial charge in [-0.05, 0) is 43.3 Å². The maximum Gasteiger partial charge on any atom is 0.150 e. The lowest BCUT2D eigenvalue weighted by Gasteiger charge is -1.97. The van der Waals surface area contributed by atoms with Gasteiger partial charge in [0, 0.05) is 29.9 Å². The number of hydrogen-bond acceptors (Lipinski definition) is 3. The first kappa shape index (κ1) is 14.7. The number of benzene rings is 2. The summed E-state index contributed by atoms with van der Waals surface area (Å²) >= 11 is 0. The number of carbonyl (C=O) groups excluding carboxylic acids is 1. The quantitative estimate of drug-likeness (QED) is 0.718. The molecule has 0 spiro atoms. The van der Waals surface area contributed by atoms with Crippen LogP contribution < -0.4 is 5.32 Å². The third-order valence-corrected chi connectivity index (χ3v) is 3.10. The molecule has 3 nitrogen and oxygen atoms in total. The second-order valence-corrected chi connectivity index (χ2v) is 4.69. The monoisotopic (exact) mass is 278 g/mol. The normalized spacial score (nSPS) is 9.62. The lowest BCUT2D eigenvalue weighted by Crippen LogP contribution is -1.85. The number of rotatable bonds is 2. The average molecular weight is 278 g/mol. The molecule has 0 amide bonds. The van der Waals surface area contributed by atoms with Crippen molar-refractivity contribution in [3.8, 4) is 0 Å². The van der Waals surface area contributed by atoms with E-state index in [2.05, 4.69) is 41.5 Å². The third-order valence-electron chi connectivity index (χ3n) is 3.10. The topological polar surface area (TPSA) is 42.0 Å². The van der Waals surface area contributed by atoms with E-state index in [9.17, 15) is 4.79 Å². The van der Waals surface area contributed by atoms with Crippen LogP contribution in [-0.2, 0) is 0 Å². The van der Waals surface area contributed by atoms with Gasteiger partial charge in [-0.15, -0.1) is 0 Å². The number of nitrogens with zero attached hydrogens (tertiary/aromatic N) is 1. The highest BCUT2D eigenvalue weighted by Crippen LogP contribution is 2.11. The highest BCUT2D eigenvalue weighted by Gasteiger charge is 1.93. The van der Waals surface area contributed by atoms with Gasteiger partial charge in [0.2, 0.25) is 0 Å². The van der Waals surface area contributed by atoms with Crippen molar-refractivity contribution in [2.75, 3.05) is 12.4 Å². The molecule has 0 saturated carbocycles. The minimum Gasteiger partial charge on any atom is -0.388 e. The van der Waals surface area contributed by atoms with E-state index in [0.717, 1.165) is 17.2 Å². The van der Waals surface area contributed by atoms with Crippen LogP contribution >= 0.6 is 0 Å². The zero-order valence-electron chi connectivity index (χ0n) is 12.2. The zero-order valence-corrected chi connectivity index (χ0v) is 12.2. The Kier molecular flexibility index (Phi) is 5.04. The Hall–Kier alpha value is -2.68. The van der Waals surface area contributed by atoms with Crippen molar-refractivity contribution in [1.82, 2.24) is 4.98 Å². The first-order chi connectivity index (χ1) is 10.2. The van der Waals surface area contributed by atoms with Gasteiger partial charge in [0.1, 0.15) is 6.29 Å². The second kappa shape index (κ2) is 7.20. The summed E-state index contributed by atoms with van der Waals surface area (Å²) in [5, 5.41) is 4.06. The zero-order chi connectivity index (χ0) is 15.1. The molecule has 3 heteroatoms. The molecule has 0 bridgehead atoms. The van der Waals surface area contributed by atoms with Crippen LogP contribution in [0.2, 0.25) is 0 Å². The second-order valence-electron chi connectivity index (χ2n) is 4.69. The van der Waals surface area contributed by atoms with E-state index in [1.165, 1.54) is 11.3 Å². The summed E-state index contributed by atoms with van der Waals surface area (Å²) in [4.78, 5) is 14.6. The van der Waals surface area contributed by atoms with Crippen molar-refractivity contribution in [3.63, 3.8) is 0 Å². The summed E-state index contributed by atoms with van der Waals surface area (Å²) in [6.07, 6.45) is 2.58. The molecule has 1 N–H and O–H groups in total. The van der Waals surface area contributed by atoms with Crippen LogP contribution in [0, 0.1) is 6.92 Å². The van der Waals surface area contributed by atoms with Crippen molar-refractivity contribution < 1.29 is 4.79 Å². The lowest BCUT2D eigenvalue weighted by atomic mass is 10.1. The molecule has 0 aliphatic heterocycles. The largest absolute Gasteiger partial charge is 0.388 e. The minimum absolute atomic E-state index is 0.690. The van der Waals surface area contributed by atoms with E-state index in [1.54, 1.807) is 12.3 Å². The van der Waals surface area contributed by atoms with Crippen LogP contribution in [0.25, 0.3) is 10.9 Å². The number of aromatic nitrogens is 1. The first-order valence-corrected chi connectivity index (χ1v) is 6.77. The van der Waals surface area contributed by atoms with E-state index in [1.807, 2.05) is 31.3 Å². The van der Waals surface area contributed by atoms with Gasteiger partial charge in [-0.25, -0.2) is 0 Å². The number of aldehydes is 1. The standard InChI is InChI=1S/C10H7NO.C8H11N/c12-7-8-3-4-10-9(6-8)2-1-5-11-10;1-7-3-5-8(9-2)6-4-7/h1-7H;3-6,9H,1-2H3. The molecule has 106 valence electrons. The number of carbonyl (C=O) groups is 1. The van der Waals surface area contributed by atoms with Gasteiger partial charge in [-0.3, -0.25) is 9.78 Å². The van der Waals surface area contributed by atoms with E-state index >= 15 is 0 Å². The van der Waals surface area contributed by atoms with Crippen LogP contribution in [0.4, 0.5) is 5.69 Å². The molecular weight excluding hydrogens is 260 g/mol. The van der Waals surface area contributed by atoms with E-state index in [4.69, 9.17) is 0 Å². The fraction of sp³-hybridized carbons (Fsp3) is 0.111. The average Bonchev–Trinajstić information content (AvgIpc) is 2.55. The molecule has 0 unspecified atom stereocenters. The van der Waals surface area contributed by atoms with Crippen LogP contribution in [-0.4, -0.2) is 18.3 Å². The number of nitrogens with one attached hydrogen (secondary N) is 1. The summed E-state index contributed by atoms with van der Waals surface area (Å²) in [6.45, 7) is 2.08. The van der Waals surface area contributed by atoms with Crippen LogP contribution in [0.3, 0.4) is 0 Å². The van der Waals surface area contributed by atoms with Gasteiger partial charge in [-0.1, -0.05) is 23.8 Å². The molecule has 21 heavy (non-hydrogen) atoms. The molecule has 1 heterocycles. The van der Waals surface area contributed by atoms with Crippen LogP contribution in [0.5, 0.6) is 0 Å². The van der Waals surface area contributed by atoms with E-state index < -0.39 is 0 Å². The molecule has 1 aromatic heterocycles. The molecular formula is C18H18N2O. The predicted octanol–water partition coefficient (Wildman–Crippen LogP) is 4.08. The van der Waals surface area contributed by atoms with E-state index in [-0.39, 0.29) is 0 Å². The highest BCUT2D eigenvalue weighted by atomic mass is 16.1. The van der Waals surface area contributed by atoms with Gasteiger partial charge in [0.25, 0.3) is 0 Å². The van der Waals surface area contributed by atoms with Crippen LogP contribution in [0.15, 0.2) is 60.8 Å². The summed E-state index contributed by atoms with van der Waals surface area (Å²) in [7, 11) is 1.92. The molecule has 3 aromatic rings. The Bertz CT molecular complexity index is 721. The number of hydrogen-bond donors (Lipinski definition) is 1. The minimum atomic E-state index is 0.690. The van der Waals surface area contributed by atoms with Gasteiger partial charge in [-0.2, -0.15) is 0 Å². The highest BCUT2D eigenvalue weighted by molar-refractivity contribution is 5.86. The van der Waals surface area contributed by atoms with Crippen molar-refractivity contribution in [2.24, 2.45) is 0 Å². The Morgan fingerprint density at radius 3 is 2.48 bits per heavy atom. The summed E-state index contributed by atoms with van der Waals surface area (Å²) in [5.74, 6) is 0. The molecule has 0 aliphatic carbocycles. The Labute approximate surface area is 124 Å². The molecule has 0 radical (unpaired) electrons. The van der Waals surface area contributed by atoms with E-state index in [0.29, 0.717) is 5.56 Å². The Balaban J connectivity index is 0.000000161. The van der Waals surface area contributed by atoms with Gasteiger partial charge >= 0.3 is 0 Å². The Morgan fingerprint density at radius 1 is 1.05 bits per heavy atom. The van der Waals surface area contributed by atoms with Gasteiger partial charge < -0.3 is 5.32 Å². The molecule has 0 fully saturated rings. The fourth-order valence-electron chi connectivity index (χ4n) is 1.89. The van der Waals surface area contributed by atoms with Crippen molar-refractivity contribution in [2.45, 2.75) is 6.92 Å². The number of pyridine rings is 1. The number of anilines is 1. The smallest absolute Gasteiger partial charge is 0.150 e. The lowest BCUT2D eigenvalue weighted by molar-refractivity contribution is 0.112. The fourth-order valence-corrected chi connectivity index (χ4v) is 1.89. The molecule has 0 saturated heterocycles. The maximum atomic E-state index is 10.4. The molecule has 2 aromatic carbocycles. The Morgan fingerprint density at radius 2 is 1.81 bits per heavy atom. The van der Waals surface area contributed by atoms with Gasteiger partial charge in [0.15, 0.2) is 0 Å². The SMILES string of the molecule is CNc1ccc(C)cc1.O=Cc1ccc2ncccc2c1. The predicted molar refractivity (Wildman–Crippen MR) is 87.9 cm³/mol. The molecule has 0 aliphatic rings. The third kappa shape index (κ3) is 4.14. The summed E-state index contributed by atoms with van der Waals surface area (Å²) in [5.41, 5.74) is 4.08. The van der Waals surface area contributed by atoms with Gasteiger partial charge in [0.05, 0.1) is 5.52 Å².